The first kappa shape index (κ1) is 15.0. The van der Waals surface area contributed by atoms with Crippen molar-refractivity contribution < 1.29 is 4.74 Å². The highest BCUT2D eigenvalue weighted by atomic mass is 16.5. The van der Waals surface area contributed by atoms with Crippen LogP contribution < -0.4 is 10.3 Å². The summed E-state index contributed by atoms with van der Waals surface area (Å²) in [5.74, 6) is 0.582. The van der Waals surface area contributed by atoms with Gasteiger partial charge < -0.3 is 9.64 Å². The van der Waals surface area contributed by atoms with Crippen molar-refractivity contribution >= 4 is 10.9 Å². The topological polar surface area (TPSA) is 50.6 Å². The molecule has 3 rings (SSSR count). The van der Waals surface area contributed by atoms with E-state index in [1.807, 2.05) is 12.1 Å². The molecule has 1 aromatic heterocycles. The Labute approximate surface area is 129 Å². The van der Waals surface area contributed by atoms with Gasteiger partial charge in [-0.1, -0.05) is 6.07 Å². The maximum absolute atomic E-state index is 12.8. The fraction of sp³-hybridized carbons (Fsp3) is 0.500. The summed E-state index contributed by atoms with van der Waals surface area (Å²) in [5.41, 5.74) is 0.638. The fourth-order valence-corrected chi connectivity index (χ4v) is 3.00. The molecule has 1 aromatic carbocycles. The van der Waals surface area contributed by atoms with Gasteiger partial charge in [0.05, 0.1) is 19.0 Å². The van der Waals surface area contributed by atoms with Gasteiger partial charge in [0.2, 0.25) is 0 Å². The zero-order valence-electron chi connectivity index (χ0n) is 13.3. The Morgan fingerprint density at radius 1 is 1.32 bits per heavy atom. The third-order valence-electron chi connectivity index (χ3n) is 4.42. The van der Waals surface area contributed by atoms with Gasteiger partial charge in [0.1, 0.15) is 11.1 Å². The van der Waals surface area contributed by atoms with Crippen LogP contribution in [0.25, 0.3) is 10.9 Å². The zero-order valence-corrected chi connectivity index (χ0v) is 13.3. The number of fused-ring (bicyclic) bond motifs is 1. The summed E-state index contributed by atoms with van der Waals surface area (Å²) in [4.78, 5) is 21.8. The van der Waals surface area contributed by atoms with Gasteiger partial charge in [0.25, 0.3) is 5.56 Å². The highest BCUT2D eigenvalue weighted by Crippen LogP contribution is 2.20. The van der Waals surface area contributed by atoms with Gasteiger partial charge in [0, 0.05) is 32.2 Å². The Bertz CT molecular complexity index is 728. The van der Waals surface area contributed by atoms with Gasteiger partial charge in [-0.2, -0.15) is 0 Å². The molecule has 2 aromatic rings. The van der Waals surface area contributed by atoms with Crippen molar-refractivity contribution in [2.45, 2.75) is 12.6 Å². The molecule has 2 heterocycles. The van der Waals surface area contributed by atoms with E-state index in [1.54, 1.807) is 24.1 Å². The molecule has 1 aliphatic rings. The average Bonchev–Trinajstić information content (AvgIpc) is 2.53. The predicted octanol–water partition coefficient (Wildman–Crippen LogP) is 0.651. The lowest BCUT2D eigenvalue weighted by molar-refractivity contribution is 0.102. The maximum Gasteiger partial charge on any atom is 0.265 e. The molecular weight excluding hydrogens is 280 g/mol. The highest BCUT2D eigenvalue weighted by Gasteiger charge is 2.23. The highest BCUT2D eigenvalue weighted by molar-refractivity contribution is 5.83. The Kier molecular flexibility index (Phi) is 4.13. The first-order valence-corrected chi connectivity index (χ1v) is 7.51. The second kappa shape index (κ2) is 6.06. The second-order valence-corrected chi connectivity index (χ2v) is 5.95. The number of methoxy groups -OCH3 is 1. The SMILES string of the molecule is COc1cccc2ncn(CC3CN(C)CCN3C)c(=O)c12. The minimum absolute atomic E-state index is 0.0379. The Morgan fingerprint density at radius 2 is 2.14 bits per heavy atom. The fourth-order valence-electron chi connectivity index (χ4n) is 3.00. The number of benzene rings is 1. The Hall–Kier alpha value is -1.92. The second-order valence-electron chi connectivity index (χ2n) is 5.95. The lowest BCUT2D eigenvalue weighted by Gasteiger charge is -2.37. The van der Waals surface area contributed by atoms with E-state index in [0.29, 0.717) is 29.2 Å². The standard InChI is InChI=1S/C16H22N4O2/c1-18-7-8-19(2)12(9-18)10-20-11-17-13-5-4-6-14(22-3)15(13)16(20)21/h4-6,11-12H,7-10H2,1-3H3. The molecule has 0 saturated carbocycles. The van der Waals surface area contributed by atoms with Crippen LogP contribution >= 0.6 is 0 Å². The molecule has 1 atom stereocenters. The molecule has 6 nitrogen and oxygen atoms in total. The lowest BCUT2D eigenvalue weighted by Crippen LogP contribution is -2.52. The van der Waals surface area contributed by atoms with Gasteiger partial charge in [-0.05, 0) is 26.2 Å². The first-order chi connectivity index (χ1) is 10.6. The third kappa shape index (κ3) is 2.71. The molecule has 0 aliphatic carbocycles. The number of nitrogens with zero attached hydrogens (tertiary/aromatic N) is 4. The number of ether oxygens (including phenoxy) is 1. The number of likely N-dealkylation sites (N-methyl/N-ethyl adjacent to an activating group) is 2. The predicted molar refractivity (Wildman–Crippen MR) is 86.5 cm³/mol. The normalized spacial score (nSPS) is 20.4. The van der Waals surface area contributed by atoms with E-state index in [-0.39, 0.29) is 5.56 Å². The zero-order chi connectivity index (χ0) is 15.7. The van der Waals surface area contributed by atoms with Crippen LogP contribution in [-0.2, 0) is 6.54 Å². The number of aromatic nitrogens is 2. The van der Waals surface area contributed by atoms with Gasteiger partial charge >= 0.3 is 0 Å². The smallest absolute Gasteiger partial charge is 0.265 e. The lowest BCUT2D eigenvalue weighted by atomic mass is 10.1. The van der Waals surface area contributed by atoms with Crippen molar-refractivity contribution in [2.75, 3.05) is 40.8 Å². The molecule has 1 aliphatic heterocycles. The summed E-state index contributed by atoms with van der Waals surface area (Å²) >= 11 is 0. The molecule has 118 valence electrons. The molecular formula is C16H22N4O2. The Morgan fingerprint density at radius 3 is 2.91 bits per heavy atom. The summed E-state index contributed by atoms with van der Waals surface area (Å²) in [5, 5.41) is 0.555. The largest absolute Gasteiger partial charge is 0.496 e. The van der Waals surface area contributed by atoms with Crippen molar-refractivity contribution in [1.29, 1.82) is 0 Å². The molecule has 6 heteroatoms. The molecule has 1 fully saturated rings. The van der Waals surface area contributed by atoms with Gasteiger partial charge in [-0.25, -0.2) is 4.98 Å². The van der Waals surface area contributed by atoms with Crippen molar-refractivity contribution in [3.05, 3.63) is 34.9 Å². The van der Waals surface area contributed by atoms with E-state index in [9.17, 15) is 4.79 Å². The van der Waals surface area contributed by atoms with Crippen LogP contribution in [-0.4, -0.2) is 66.2 Å². The summed E-state index contributed by atoms with van der Waals surface area (Å²) in [6.07, 6.45) is 1.65. The summed E-state index contributed by atoms with van der Waals surface area (Å²) in [7, 11) is 5.80. The number of rotatable bonds is 3. The van der Waals surface area contributed by atoms with E-state index < -0.39 is 0 Å². The monoisotopic (exact) mass is 302 g/mol. The Balaban J connectivity index is 1.98. The minimum Gasteiger partial charge on any atom is -0.496 e. The van der Waals surface area contributed by atoms with Crippen LogP contribution in [0.3, 0.4) is 0 Å². The van der Waals surface area contributed by atoms with Crippen LogP contribution in [0.5, 0.6) is 5.75 Å². The molecule has 0 radical (unpaired) electrons. The first-order valence-electron chi connectivity index (χ1n) is 7.51. The van der Waals surface area contributed by atoms with E-state index >= 15 is 0 Å². The van der Waals surface area contributed by atoms with E-state index in [4.69, 9.17) is 4.74 Å². The maximum atomic E-state index is 12.8. The van der Waals surface area contributed by atoms with E-state index in [2.05, 4.69) is 28.9 Å². The van der Waals surface area contributed by atoms with Crippen molar-refractivity contribution in [3.8, 4) is 5.75 Å². The van der Waals surface area contributed by atoms with Crippen LogP contribution in [0.15, 0.2) is 29.3 Å². The summed E-state index contributed by atoms with van der Waals surface area (Å²) < 4.78 is 7.02. The van der Waals surface area contributed by atoms with Gasteiger partial charge in [-0.15, -0.1) is 0 Å². The average molecular weight is 302 g/mol. The number of hydrogen-bond donors (Lipinski definition) is 0. The van der Waals surface area contributed by atoms with Crippen molar-refractivity contribution in [2.24, 2.45) is 0 Å². The quantitative estimate of drug-likeness (QED) is 0.833. The summed E-state index contributed by atoms with van der Waals surface area (Å²) in [6.45, 7) is 3.67. The molecule has 1 unspecified atom stereocenters. The summed E-state index contributed by atoms with van der Waals surface area (Å²) in [6, 6.07) is 5.80. The third-order valence-corrected chi connectivity index (χ3v) is 4.42. The van der Waals surface area contributed by atoms with Gasteiger partial charge in [-0.3, -0.25) is 14.3 Å². The molecule has 0 bridgehead atoms. The van der Waals surface area contributed by atoms with Crippen LogP contribution in [0, 0.1) is 0 Å². The van der Waals surface area contributed by atoms with Crippen molar-refractivity contribution in [1.82, 2.24) is 19.4 Å². The minimum atomic E-state index is -0.0379. The molecule has 1 saturated heterocycles. The number of piperazine rings is 1. The van der Waals surface area contributed by atoms with E-state index in [1.165, 1.54) is 0 Å². The molecule has 0 N–H and O–H groups in total. The molecule has 22 heavy (non-hydrogen) atoms. The van der Waals surface area contributed by atoms with Crippen molar-refractivity contribution in [3.63, 3.8) is 0 Å². The van der Waals surface area contributed by atoms with E-state index in [0.717, 1.165) is 19.6 Å². The van der Waals surface area contributed by atoms with Crippen LogP contribution in [0.4, 0.5) is 0 Å². The van der Waals surface area contributed by atoms with Crippen LogP contribution in [0.2, 0.25) is 0 Å². The van der Waals surface area contributed by atoms with Crippen LogP contribution in [0.1, 0.15) is 0 Å². The number of hydrogen-bond acceptors (Lipinski definition) is 5. The molecule has 0 spiro atoms. The van der Waals surface area contributed by atoms with Gasteiger partial charge in [0.15, 0.2) is 0 Å². The molecule has 0 amide bonds.